The van der Waals surface area contributed by atoms with Crippen LogP contribution in [-0.2, 0) is 19.0 Å². The molecule has 1 N–H and O–H groups in total. The van der Waals surface area contributed by atoms with Crippen molar-refractivity contribution in [2.24, 2.45) is 11.8 Å². The summed E-state index contributed by atoms with van der Waals surface area (Å²) in [4.78, 5) is 24.0. The van der Waals surface area contributed by atoms with Gasteiger partial charge in [0.25, 0.3) is 6.29 Å². The Balaban J connectivity index is 1.73. The summed E-state index contributed by atoms with van der Waals surface area (Å²) in [7, 11) is 1.30. The summed E-state index contributed by atoms with van der Waals surface area (Å²) in [6.45, 7) is 1.89. The molecule has 1 amide bonds. The highest BCUT2D eigenvalue weighted by atomic mass is 19.1. The fourth-order valence-corrected chi connectivity index (χ4v) is 3.18. The highest BCUT2D eigenvalue weighted by Gasteiger charge is 2.44. The number of rotatable bonds is 3. The van der Waals surface area contributed by atoms with Gasteiger partial charge in [-0.3, -0.25) is 5.32 Å². The van der Waals surface area contributed by atoms with Gasteiger partial charge in [-0.05, 0) is 25.5 Å². The van der Waals surface area contributed by atoms with E-state index < -0.39 is 24.2 Å². The summed E-state index contributed by atoms with van der Waals surface area (Å²) < 4.78 is 29.2. The van der Waals surface area contributed by atoms with Gasteiger partial charge in [0.15, 0.2) is 0 Å². The third-order valence-electron chi connectivity index (χ3n) is 4.43. The Labute approximate surface area is 144 Å². The second-order valence-corrected chi connectivity index (χ2v) is 5.90. The topological polar surface area (TPSA) is 73.9 Å². The number of anilines is 1. The number of hydrogen-bond donors (Lipinski definition) is 1. The number of carbonyl (C=O) groups excluding carboxylic acids is 2. The lowest BCUT2D eigenvalue weighted by Gasteiger charge is -2.33. The van der Waals surface area contributed by atoms with Crippen LogP contribution in [0.25, 0.3) is 0 Å². The van der Waals surface area contributed by atoms with Crippen molar-refractivity contribution < 1.29 is 28.2 Å². The van der Waals surface area contributed by atoms with Gasteiger partial charge in [0.05, 0.1) is 30.6 Å². The maximum absolute atomic E-state index is 13.6. The molecule has 0 spiro atoms. The van der Waals surface area contributed by atoms with E-state index in [0.29, 0.717) is 12.0 Å². The number of hydrogen-bond acceptors (Lipinski definition) is 5. The van der Waals surface area contributed by atoms with E-state index in [2.05, 4.69) is 5.32 Å². The molecule has 7 heteroatoms. The second-order valence-electron chi connectivity index (χ2n) is 5.90. The molecule has 3 rings (SSSR count). The number of fused-ring (bicyclic) bond motifs is 1. The minimum absolute atomic E-state index is 0.0179. The maximum Gasteiger partial charge on any atom is 0.414 e. The molecule has 25 heavy (non-hydrogen) atoms. The zero-order valence-electron chi connectivity index (χ0n) is 13.8. The molecule has 0 radical (unpaired) electrons. The smallest absolute Gasteiger partial charge is 0.414 e. The highest BCUT2D eigenvalue weighted by molar-refractivity contribution is 5.89. The summed E-state index contributed by atoms with van der Waals surface area (Å²) in [5, 5.41) is 2.35. The van der Waals surface area contributed by atoms with Gasteiger partial charge in [-0.1, -0.05) is 23.8 Å². The van der Waals surface area contributed by atoms with E-state index in [9.17, 15) is 14.0 Å². The lowest BCUT2D eigenvalue weighted by molar-refractivity contribution is -0.141. The molecule has 0 bridgehead atoms. The van der Waals surface area contributed by atoms with Gasteiger partial charge in [0, 0.05) is 5.92 Å². The summed E-state index contributed by atoms with van der Waals surface area (Å²) >= 11 is 0. The zero-order chi connectivity index (χ0) is 18.0. The van der Waals surface area contributed by atoms with Crippen LogP contribution in [0.15, 0.2) is 47.7 Å². The van der Waals surface area contributed by atoms with Crippen molar-refractivity contribution in [3.63, 3.8) is 0 Å². The van der Waals surface area contributed by atoms with E-state index in [0.717, 1.165) is 5.57 Å². The van der Waals surface area contributed by atoms with Gasteiger partial charge in [0.1, 0.15) is 5.82 Å². The molecule has 1 aromatic rings. The van der Waals surface area contributed by atoms with Crippen molar-refractivity contribution in [1.82, 2.24) is 0 Å². The predicted molar refractivity (Wildman–Crippen MR) is 86.8 cm³/mol. The first-order valence-corrected chi connectivity index (χ1v) is 7.84. The van der Waals surface area contributed by atoms with Crippen LogP contribution in [-0.4, -0.2) is 25.5 Å². The van der Waals surface area contributed by atoms with Gasteiger partial charge in [-0.15, -0.1) is 0 Å². The van der Waals surface area contributed by atoms with E-state index in [1.807, 2.05) is 13.0 Å². The van der Waals surface area contributed by atoms with E-state index in [1.165, 1.54) is 31.6 Å². The number of esters is 1. The van der Waals surface area contributed by atoms with Crippen LogP contribution >= 0.6 is 0 Å². The minimum atomic E-state index is -0.899. The summed E-state index contributed by atoms with van der Waals surface area (Å²) in [5.74, 6) is -1.49. The normalized spacial score (nSPS) is 24.4. The van der Waals surface area contributed by atoms with Crippen molar-refractivity contribution >= 4 is 17.7 Å². The van der Waals surface area contributed by atoms with E-state index in [4.69, 9.17) is 14.2 Å². The molecular formula is C18H18FNO5. The molecule has 1 aliphatic heterocycles. The molecule has 3 unspecified atom stereocenters. The molecule has 0 saturated heterocycles. The summed E-state index contributed by atoms with van der Waals surface area (Å²) in [6, 6.07) is 5.78. The molecular weight excluding hydrogens is 329 g/mol. The monoisotopic (exact) mass is 347 g/mol. The molecule has 0 fully saturated rings. The first-order chi connectivity index (χ1) is 12.0. The van der Waals surface area contributed by atoms with E-state index >= 15 is 0 Å². The lowest BCUT2D eigenvalue weighted by atomic mass is 9.84. The van der Waals surface area contributed by atoms with Crippen molar-refractivity contribution in [2.45, 2.75) is 19.6 Å². The average Bonchev–Trinajstić information content (AvgIpc) is 2.99. The fourth-order valence-electron chi connectivity index (χ4n) is 3.18. The van der Waals surface area contributed by atoms with Gasteiger partial charge in [-0.2, -0.15) is 0 Å². The van der Waals surface area contributed by atoms with Crippen LogP contribution in [0.5, 0.6) is 0 Å². The highest BCUT2D eigenvalue weighted by Crippen LogP contribution is 2.43. The summed E-state index contributed by atoms with van der Waals surface area (Å²) in [6.07, 6.45) is 2.16. The van der Waals surface area contributed by atoms with Crippen LogP contribution < -0.4 is 5.32 Å². The average molecular weight is 347 g/mol. The molecule has 6 nitrogen and oxygen atoms in total. The largest absolute Gasteiger partial charge is 0.466 e. The van der Waals surface area contributed by atoms with Crippen molar-refractivity contribution in [2.75, 3.05) is 12.4 Å². The number of methoxy groups -OCH3 is 1. The van der Waals surface area contributed by atoms with Crippen molar-refractivity contribution in [1.29, 1.82) is 0 Å². The molecule has 2 aliphatic rings. The number of allylic oxidation sites excluding steroid dienone is 1. The minimum Gasteiger partial charge on any atom is -0.466 e. The quantitative estimate of drug-likeness (QED) is 0.670. The van der Waals surface area contributed by atoms with Gasteiger partial charge in [-0.25, -0.2) is 14.0 Å². The number of carbonyl (C=O) groups is 2. The van der Waals surface area contributed by atoms with Crippen LogP contribution in [0.3, 0.4) is 0 Å². The number of ether oxygens (including phenoxy) is 3. The Morgan fingerprint density at radius 1 is 1.32 bits per heavy atom. The molecule has 3 atom stereocenters. The van der Waals surface area contributed by atoms with Crippen LogP contribution in [0.1, 0.15) is 13.3 Å². The predicted octanol–water partition coefficient (Wildman–Crippen LogP) is 3.37. The van der Waals surface area contributed by atoms with Gasteiger partial charge < -0.3 is 14.2 Å². The third kappa shape index (κ3) is 3.35. The Bertz CT molecular complexity index is 758. The van der Waals surface area contributed by atoms with Crippen molar-refractivity contribution in [3.05, 3.63) is 53.6 Å². The lowest BCUT2D eigenvalue weighted by Crippen LogP contribution is -2.38. The molecule has 0 aromatic heterocycles. The molecule has 1 aromatic carbocycles. The zero-order valence-corrected chi connectivity index (χ0v) is 13.8. The SMILES string of the molecule is COC(=O)C1=COC(OC(=O)Nc2ccccc2F)C2C(C)=CCC12. The first kappa shape index (κ1) is 17.0. The van der Waals surface area contributed by atoms with E-state index in [1.54, 1.807) is 6.07 Å². The van der Waals surface area contributed by atoms with Gasteiger partial charge in [0.2, 0.25) is 0 Å². The fraction of sp³-hybridized carbons (Fsp3) is 0.333. The van der Waals surface area contributed by atoms with Crippen LogP contribution in [0.4, 0.5) is 14.9 Å². The maximum atomic E-state index is 13.6. The summed E-state index contributed by atoms with van der Waals surface area (Å²) in [5.41, 5.74) is 1.39. The van der Waals surface area contributed by atoms with Gasteiger partial charge >= 0.3 is 12.1 Å². The Hall–Kier alpha value is -2.83. The first-order valence-electron chi connectivity index (χ1n) is 7.84. The molecule has 0 saturated carbocycles. The third-order valence-corrected chi connectivity index (χ3v) is 4.43. The number of amides is 1. The molecule has 1 aliphatic carbocycles. The number of benzene rings is 1. The van der Waals surface area contributed by atoms with Crippen LogP contribution in [0.2, 0.25) is 0 Å². The molecule has 1 heterocycles. The number of halogens is 1. The molecule has 132 valence electrons. The number of nitrogens with one attached hydrogen (secondary N) is 1. The standard InChI is InChI=1S/C18H18FNO5/c1-10-7-8-11-12(16(21)23-2)9-24-17(15(10)11)25-18(22)20-14-6-4-3-5-13(14)19/h3-7,9,11,15,17H,8H2,1-2H3,(H,20,22). The van der Waals surface area contributed by atoms with Crippen molar-refractivity contribution in [3.8, 4) is 0 Å². The Kier molecular flexibility index (Phi) is 4.74. The Morgan fingerprint density at radius 2 is 2.08 bits per heavy atom. The second kappa shape index (κ2) is 6.96. The van der Waals surface area contributed by atoms with Crippen LogP contribution in [0, 0.1) is 17.7 Å². The van der Waals surface area contributed by atoms with E-state index in [-0.39, 0.29) is 17.5 Å². The number of para-hydroxylation sites is 1. The Morgan fingerprint density at radius 3 is 2.80 bits per heavy atom.